The number of nitrogens with zero attached hydrogens (tertiary/aromatic N) is 3. The Labute approximate surface area is 106 Å². The topological polar surface area (TPSA) is 93.6 Å². The van der Waals surface area contributed by atoms with E-state index in [2.05, 4.69) is 11.1 Å². The Morgan fingerprint density at radius 2 is 1.89 bits per heavy atom. The summed E-state index contributed by atoms with van der Waals surface area (Å²) >= 11 is 0. The monoisotopic (exact) mass is 241 g/mol. The number of imidazole rings is 1. The lowest BCUT2D eigenvalue weighted by atomic mass is 10.1. The Morgan fingerprint density at radius 3 is 2.33 bits per heavy atom. The molecule has 2 aromatic rings. The first-order valence-corrected chi connectivity index (χ1v) is 5.68. The van der Waals surface area contributed by atoms with Gasteiger partial charge in [0.25, 0.3) is 0 Å². The molecule has 0 spiro atoms. The van der Waals surface area contributed by atoms with Gasteiger partial charge in [-0.25, -0.2) is 9.66 Å². The van der Waals surface area contributed by atoms with Gasteiger partial charge in [0.1, 0.15) is 11.5 Å². The molecule has 1 aromatic heterocycles. The van der Waals surface area contributed by atoms with E-state index < -0.39 is 0 Å². The zero-order valence-electron chi connectivity index (χ0n) is 10.4. The third-order valence-corrected chi connectivity index (χ3v) is 2.78. The van der Waals surface area contributed by atoms with E-state index in [1.807, 2.05) is 26.0 Å². The maximum absolute atomic E-state index is 8.76. The quantitative estimate of drug-likeness (QED) is 0.784. The fourth-order valence-corrected chi connectivity index (χ4v) is 1.79. The molecule has 1 aromatic carbocycles. The van der Waals surface area contributed by atoms with E-state index in [4.69, 9.17) is 16.8 Å². The molecule has 0 atom stereocenters. The van der Waals surface area contributed by atoms with Crippen molar-refractivity contribution in [2.24, 2.45) is 0 Å². The highest BCUT2D eigenvalue weighted by Gasteiger charge is 2.16. The number of hydrogen-bond donors (Lipinski definition) is 2. The van der Waals surface area contributed by atoms with Crippen LogP contribution in [0.15, 0.2) is 24.3 Å². The Hall–Kier alpha value is -2.48. The van der Waals surface area contributed by atoms with Gasteiger partial charge in [-0.2, -0.15) is 5.26 Å². The largest absolute Gasteiger partial charge is 0.382 e. The predicted molar refractivity (Wildman–Crippen MR) is 71.0 cm³/mol. The Kier molecular flexibility index (Phi) is 2.94. The lowest BCUT2D eigenvalue weighted by molar-refractivity contribution is 0.739. The van der Waals surface area contributed by atoms with Crippen LogP contribution in [0.2, 0.25) is 0 Å². The number of anilines is 1. The summed E-state index contributed by atoms with van der Waals surface area (Å²) in [5.74, 6) is 7.25. The molecular formula is C13H15N5. The zero-order chi connectivity index (χ0) is 13.3. The minimum absolute atomic E-state index is 0.199. The number of nitriles is 1. The van der Waals surface area contributed by atoms with Crippen molar-refractivity contribution >= 4 is 5.82 Å². The van der Waals surface area contributed by atoms with Crippen molar-refractivity contribution in [1.29, 1.82) is 5.26 Å². The van der Waals surface area contributed by atoms with E-state index >= 15 is 0 Å². The summed E-state index contributed by atoms with van der Waals surface area (Å²) in [5, 5.41) is 8.76. The lowest BCUT2D eigenvalue weighted by Crippen LogP contribution is -2.16. The van der Waals surface area contributed by atoms with Gasteiger partial charge in [-0.05, 0) is 12.1 Å². The van der Waals surface area contributed by atoms with Gasteiger partial charge in [0.15, 0.2) is 5.82 Å². The van der Waals surface area contributed by atoms with Gasteiger partial charge in [-0.1, -0.05) is 26.0 Å². The van der Waals surface area contributed by atoms with Crippen LogP contribution in [0.25, 0.3) is 11.3 Å². The van der Waals surface area contributed by atoms with Gasteiger partial charge in [0.2, 0.25) is 0 Å². The summed E-state index contributed by atoms with van der Waals surface area (Å²) in [6.45, 7) is 4.02. The number of hydrogen-bond acceptors (Lipinski definition) is 4. The minimum Gasteiger partial charge on any atom is -0.382 e. The van der Waals surface area contributed by atoms with Crippen molar-refractivity contribution in [3.63, 3.8) is 0 Å². The number of nitrogen functional groups attached to an aromatic ring is 2. The number of aromatic nitrogens is 2. The van der Waals surface area contributed by atoms with Crippen molar-refractivity contribution in [3.8, 4) is 17.3 Å². The molecule has 92 valence electrons. The van der Waals surface area contributed by atoms with Crippen molar-refractivity contribution in [2.75, 3.05) is 11.6 Å². The van der Waals surface area contributed by atoms with E-state index in [1.54, 1.807) is 12.1 Å². The van der Waals surface area contributed by atoms with E-state index in [-0.39, 0.29) is 5.92 Å². The molecule has 0 unspecified atom stereocenters. The van der Waals surface area contributed by atoms with E-state index in [0.29, 0.717) is 17.1 Å². The van der Waals surface area contributed by atoms with Gasteiger partial charge in [-0.3, -0.25) is 0 Å². The second-order valence-corrected chi connectivity index (χ2v) is 4.42. The maximum atomic E-state index is 8.76. The summed E-state index contributed by atoms with van der Waals surface area (Å²) in [4.78, 5) is 4.46. The maximum Gasteiger partial charge on any atom is 0.150 e. The predicted octanol–water partition coefficient (Wildman–Crippen LogP) is 1.84. The van der Waals surface area contributed by atoms with Gasteiger partial charge < -0.3 is 11.6 Å². The second kappa shape index (κ2) is 4.41. The fourth-order valence-electron chi connectivity index (χ4n) is 1.79. The molecule has 0 saturated heterocycles. The average Bonchev–Trinajstić information content (AvgIpc) is 2.67. The van der Waals surface area contributed by atoms with Crippen molar-refractivity contribution < 1.29 is 0 Å². The molecule has 18 heavy (non-hydrogen) atoms. The first-order chi connectivity index (χ1) is 8.54. The van der Waals surface area contributed by atoms with Crippen LogP contribution in [0.3, 0.4) is 0 Å². The van der Waals surface area contributed by atoms with Gasteiger partial charge in [0, 0.05) is 11.5 Å². The Morgan fingerprint density at radius 1 is 1.28 bits per heavy atom. The number of nitrogens with two attached hydrogens (primary N) is 2. The minimum atomic E-state index is 0.199. The zero-order valence-corrected chi connectivity index (χ0v) is 10.4. The van der Waals surface area contributed by atoms with Crippen LogP contribution in [-0.2, 0) is 0 Å². The first kappa shape index (κ1) is 12.0. The molecule has 0 bridgehead atoms. The van der Waals surface area contributed by atoms with Crippen LogP contribution in [0.5, 0.6) is 0 Å². The summed E-state index contributed by atoms with van der Waals surface area (Å²) in [7, 11) is 0. The summed E-state index contributed by atoms with van der Waals surface area (Å²) < 4.78 is 1.41. The normalized spacial score (nSPS) is 10.6. The molecule has 5 nitrogen and oxygen atoms in total. The van der Waals surface area contributed by atoms with E-state index in [0.717, 1.165) is 11.4 Å². The average molecular weight is 241 g/mol. The summed E-state index contributed by atoms with van der Waals surface area (Å²) in [6.07, 6.45) is 0. The van der Waals surface area contributed by atoms with Crippen LogP contribution in [-0.4, -0.2) is 9.66 Å². The molecule has 0 radical (unpaired) electrons. The molecule has 2 rings (SSSR count). The molecule has 0 fully saturated rings. The van der Waals surface area contributed by atoms with Crippen LogP contribution < -0.4 is 11.6 Å². The van der Waals surface area contributed by atoms with Crippen LogP contribution in [0, 0.1) is 11.3 Å². The number of benzene rings is 1. The molecule has 4 N–H and O–H groups in total. The smallest absolute Gasteiger partial charge is 0.150 e. The Balaban J connectivity index is 2.51. The lowest BCUT2D eigenvalue weighted by Gasteiger charge is -2.04. The molecule has 0 aliphatic rings. The van der Waals surface area contributed by atoms with Crippen molar-refractivity contribution in [1.82, 2.24) is 9.66 Å². The molecule has 0 saturated carbocycles. The van der Waals surface area contributed by atoms with Crippen molar-refractivity contribution in [3.05, 3.63) is 35.7 Å². The van der Waals surface area contributed by atoms with E-state index in [1.165, 1.54) is 4.68 Å². The summed E-state index contributed by atoms with van der Waals surface area (Å²) in [6, 6.07) is 9.19. The molecule has 1 heterocycles. The third-order valence-electron chi connectivity index (χ3n) is 2.78. The van der Waals surface area contributed by atoms with Gasteiger partial charge in [0.05, 0.1) is 11.6 Å². The van der Waals surface area contributed by atoms with Crippen LogP contribution in [0.1, 0.15) is 31.2 Å². The standard InChI is InChI=1S/C13H15N5/c1-8(2)13-17-11(12(15)18(13)16)10-5-3-9(7-14)4-6-10/h3-6,8H,15-16H2,1-2H3. The highest BCUT2D eigenvalue weighted by molar-refractivity contribution is 5.71. The van der Waals surface area contributed by atoms with Crippen molar-refractivity contribution in [2.45, 2.75) is 19.8 Å². The third kappa shape index (κ3) is 1.89. The van der Waals surface area contributed by atoms with E-state index in [9.17, 15) is 0 Å². The highest BCUT2D eigenvalue weighted by Crippen LogP contribution is 2.27. The first-order valence-electron chi connectivity index (χ1n) is 5.68. The molecule has 0 aliphatic heterocycles. The fraction of sp³-hybridized carbons (Fsp3) is 0.231. The van der Waals surface area contributed by atoms with Gasteiger partial charge >= 0.3 is 0 Å². The molecular weight excluding hydrogens is 226 g/mol. The van der Waals surface area contributed by atoms with Gasteiger partial charge in [-0.15, -0.1) is 0 Å². The van der Waals surface area contributed by atoms with Crippen LogP contribution in [0.4, 0.5) is 5.82 Å². The SMILES string of the molecule is CC(C)c1nc(-c2ccc(C#N)cc2)c(N)n1N. The Bertz CT molecular complexity index is 602. The molecule has 0 aliphatic carbocycles. The molecule has 0 amide bonds. The number of rotatable bonds is 2. The highest BCUT2D eigenvalue weighted by atomic mass is 15.4. The van der Waals surface area contributed by atoms with Crippen LogP contribution >= 0.6 is 0 Å². The molecule has 5 heteroatoms. The summed E-state index contributed by atoms with van der Waals surface area (Å²) in [5.41, 5.74) is 8.08. The second-order valence-electron chi connectivity index (χ2n) is 4.42.